The first-order valence-corrected chi connectivity index (χ1v) is 7.36. The first-order valence-electron chi connectivity index (χ1n) is 7.36. The number of hydrogen-bond acceptors (Lipinski definition) is 3. The van der Waals surface area contributed by atoms with E-state index in [2.05, 4.69) is 42.3 Å². The maximum atomic E-state index is 5.28. The number of likely N-dealkylation sites (tertiary alicyclic amines) is 1. The van der Waals surface area contributed by atoms with Crippen molar-refractivity contribution in [3.63, 3.8) is 0 Å². The van der Waals surface area contributed by atoms with Gasteiger partial charge >= 0.3 is 0 Å². The Morgan fingerprint density at radius 1 is 1.47 bits per heavy atom. The molecule has 1 saturated heterocycles. The van der Waals surface area contributed by atoms with Gasteiger partial charge in [-0.2, -0.15) is 0 Å². The maximum Gasteiger partial charge on any atom is 0.119 e. The van der Waals surface area contributed by atoms with Crippen molar-refractivity contribution >= 4 is 0 Å². The number of hydrogen-bond donors (Lipinski definition) is 1. The van der Waals surface area contributed by atoms with E-state index < -0.39 is 0 Å². The largest absolute Gasteiger partial charge is 0.497 e. The fraction of sp³-hybridized carbons (Fsp3) is 0.625. The van der Waals surface area contributed by atoms with Crippen LogP contribution in [0.4, 0.5) is 0 Å². The number of benzene rings is 1. The van der Waals surface area contributed by atoms with Crippen LogP contribution in [-0.2, 0) is 0 Å². The Morgan fingerprint density at radius 2 is 2.32 bits per heavy atom. The molecule has 0 radical (unpaired) electrons. The fourth-order valence-electron chi connectivity index (χ4n) is 2.88. The average molecular weight is 262 g/mol. The van der Waals surface area contributed by atoms with Gasteiger partial charge in [-0.1, -0.05) is 19.1 Å². The minimum atomic E-state index is 0.370. The lowest BCUT2D eigenvalue weighted by atomic mass is 10.1. The number of ether oxygens (including phenoxy) is 1. The van der Waals surface area contributed by atoms with Gasteiger partial charge in [0, 0.05) is 18.6 Å². The summed E-state index contributed by atoms with van der Waals surface area (Å²) in [6.45, 7) is 7.98. The topological polar surface area (TPSA) is 24.5 Å². The molecule has 0 bridgehead atoms. The van der Waals surface area contributed by atoms with Crippen molar-refractivity contribution in [1.82, 2.24) is 10.2 Å². The highest BCUT2D eigenvalue weighted by molar-refractivity contribution is 5.30. The van der Waals surface area contributed by atoms with E-state index in [9.17, 15) is 0 Å². The predicted octanol–water partition coefficient (Wildman–Crippen LogP) is 2.83. The summed E-state index contributed by atoms with van der Waals surface area (Å²) in [5.41, 5.74) is 1.29. The van der Waals surface area contributed by atoms with Gasteiger partial charge in [-0.3, -0.25) is 4.90 Å². The smallest absolute Gasteiger partial charge is 0.119 e. The van der Waals surface area contributed by atoms with Gasteiger partial charge in [-0.15, -0.1) is 0 Å². The zero-order valence-electron chi connectivity index (χ0n) is 12.4. The third-order valence-electron chi connectivity index (χ3n) is 4.16. The van der Waals surface area contributed by atoms with Gasteiger partial charge in [-0.05, 0) is 50.6 Å². The Morgan fingerprint density at radius 3 is 3.05 bits per heavy atom. The molecule has 0 amide bonds. The second kappa shape index (κ2) is 6.92. The number of likely N-dealkylation sites (N-methyl/N-ethyl adjacent to an activating group) is 1. The predicted molar refractivity (Wildman–Crippen MR) is 79.7 cm³/mol. The van der Waals surface area contributed by atoms with Gasteiger partial charge < -0.3 is 10.1 Å². The van der Waals surface area contributed by atoms with E-state index in [0.717, 1.165) is 12.3 Å². The Kier molecular flexibility index (Phi) is 5.23. The first kappa shape index (κ1) is 14.4. The summed E-state index contributed by atoms with van der Waals surface area (Å²) in [7, 11) is 1.72. The van der Waals surface area contributed by atoms with Gasteiger partial charge in [0.2, 0.25) is 0 Å². The Hall–Kier alpha value is -1.06. The van der Waals surface area contributed by atoms with E-state index in [1.165, 1.54) is 31.5 Å². The van der Waals surface area contributed by atoms with Crippen LogP contribution in [0.5, 0.6) is 5.75 Å². The van der Waals surface area contributed by atoms with Crippen molar-refractivity contribution in [3.05, 3.63) is 29.8 Å². The van der Waals surface area contributed by atoms with Crippen LogP contribution in [0.2, 0.25) is 0 Å². The van der Waals surface area contributed by atoms with Crippen molar-refractivity contribution in [1.29, 1.82) is 0 Å². The van der Waals surface area contributed by atoms with E-state index in [-0.39, 0.29) is 0 Å². The SMILES string of the molecule is CCN1CCCC1CNC(C)c1cccc(OC)c1. The summed E-state index contributed by atoms with van der Waals surface area (Å²) in [4.78, 5) is 2.57. The lowest BCUT2D eigenvalue weighted by Gasteiger charge is -2.25. The highest BCUT2D eigenvalue weighted by atomic mass is 16.5. The van der Waals surface area contributed by atoms with Crippen LogP contribution in [0.3, 0.4) is 0 Å². The van der Waals surface area contributed by atoms with Crippen LogP contribution in [0.1, 0.15) is 38.3 Å². The quantitative estimate of drug-likeness (QED) is 0.853. The molecule has 1 aliphatic rings. The van der Waals surface area contributed by atoms with E-state index in [1.807, 2.05) is 6.07 Å². The maximum absolute atomic E-state index is 5.28. The molecule has 3 heteroatoms. The summed E-state index contributed by atoms with van der Waals surface area (Å²) in [5, 5.41) is 3.66. The monoisotopic (exact) mass is 262 g/mol. The molecule has 1 fully saturated rings. The summed E-state index contributed by atoms with van der Waals surface area (Å²) < 4.78 is 5.28. The molecule has 106 valence electrons. The highest BCUT2D eigenvalue weighted by Crippen LogP contribution is 2.20. The average Bonchev–Trinajstić information content (AvgIpc) is 2.92. The standard InChI is InChI=1S/C16H26N2O/c1-4-18-10-6-8-15(18)12-17-13(2)14-7-5-9-16(11-14)19-3/h5,7,9,11,13,15,17H,4,6,8,10,12H2,1-3H3. The van der Waals surface area contributed by atoms with Gasteiger partial charge in [0.25, 0.3) is 0 Å². The zero-order chi connectivity index (χ0) is 13.7. The van der Waals surface area contributed by atoms with Crippen molar-refractivity contribution in [2.45, 2.75) is 38.8 Å². The second-order valence-corrected chi connectivity index (χ2v) is 5.33. The van der Waals surface area contributed by atoms with Crippen LogP contribution in [0.25, 0.3) is 0 Å². The molecule has 1 aromatic rings. The molecule has 0 aliphatic carbocycles. The molecule has 1 N–H and O–H groups in total. The van der Waals surface area contributed by atoms with E-state index in [4.69, 9.17) is 4.74 Å². The van der Waals surface area contributed by atoms with Gasteiger partial charge in [0.15, 0.2) is 0 Å². The lowest BCUT2D eigenvalue weighted by molar-refractivity contribution is 0.255. The van der Waals surface area contributed by atoms with Gasteiger partial charge in [0.05, 0.1) is 7.11 Å². The lowest BCUT2D eigenvalue weighted by Crippen LogP contribution is -2.38. The molecule has 1 aromatic carbocycles. The molecule has 3 nitrogen and oxygen atoms in total. The molecule has 2 rings (SSSR count). The minimum absolute atomic E-state index is 0.370. The van der Waals surface area contributed by atoms with E-state index in [0.29, 0.717) is 12.1 Å². The van der Waals surface area contributed by atoms with Crippen LogP contribution in [0.15, 0.2) is 24.3 Å². The molecule has 0 saturated carbocycles. The van der Waals surface area contributed by atoms with Crippen molar-refractivity contribution < 1.29 is 4.74 Å². The molecule has 2 atom stereocenters. The Bertz CT molecular complexity index is 394. The Balaban J connectivity index is 1.88. The molecule has 19 heavy (non-hydrogen) atoms. The molecule has 1 heterocycles. The van der Waals surface area contributed by atoms with Crippen LogP contribution in [-0.4, -0.2) is 37.7 Å². The molecule has 0 aromatic heterocycles. The number of nitrogens with one attached hydrogen (secondary N) is 1. The second-order valence-electron chi connectivity index (χ2n) is 5.33. The van der Waals surface area contributed by atoms with Gasteiger partial charge in [-0.25, -0.2) is 0 Å². The number of methoxy groups -OCH3 is 1. The van der Waals surface area contributed by atoms with Gasteiger partial charge in [0.1, 0.15) is 5.75 Å². The summed E-state index contributed by atoms with van der Waals surface area (Å²) in [6, 6.07) is 9.40. The fourth-order valence-corrected chi connectivity index (χ4v) is 2.88. The minimum Gasteiger partial charge on any atom is -0.497 e. The van der Waals surface area contributed by atoms with Crippen molar-refractivity contribution in [2.75, 3.05) is 26.7 Å². The number of nitrogens with zero attached hydrogens (tertiary/aromatic N) is 1. The van der Waals surface area contributed by atoms with E-state index >= 15 is 0 Å². The van der Waals surface area contributed by atoms with Crippen molar-refractivity contribution in [3.8, 4) is 5.75 Å². The molecular weight excluding hydrogens is 236 g/mol. The normalized spacial score (nSPS) is 21.5. The Labute approximate surface area is 116 Å². The van der Waals surface area contributed by atoms with E-state index in [1.54, 1.807) is 7.11 Å². The summed E-state index contributed by atoms with van der Waals surface area (Å²) in [5.74, 6) is 0.933. The summed E-state index contributed by atoms with van der Waals surface area (Å²) in [6.07, 6.45) is 2.67. The van der Waals surface area contributed by atoms with Crippen LogP contribution in [0, 0.1) is 0 Å². The first-order chi connectivity index (χ1) is 9.24. The number of rotatable bonds is 6. The summed E-state index contributed by atoms with van der Waals surface area (Å²) >= 11 is 0. The van der Waals surface area contributed by atoms with Crippen LogP contribution >= 0.6 is 0 Å². The molecule has 1 aliphatic heterocycles. The molecule has 2 unspecified atom stereocenters. The third kappa shape index (κ3) is 3.71. The van der Waals surface area contributed by atoms with Crippen LogP contribution < -0.4 is 10.1 Å². The third-order valence-corrected chi connectivity index (χ3v) is 4.16. The molecular formula is C16H26N2O. The zero-order valence-corrected chi connectivity index (χ0v) is 12.4. The van der Waals surface area contributed by atoms with Crippen molar-refractivity contribution in [2.24, 2.45) is 0 Å². The highest BCUT2D eigenvalue weighted by Gasteiger charge is 2.23. The molecule has 0 spiro atoms.